The average molecular weight is 216 g/mol. The Morgan fingerprint density at radius 3 is 2.62 bits per heavy atom. The van der Waals surface area contributed by atoms with Gasteiger partial charge in [0.25, 0.3) is 0 Å². The van der Waals surface area contributed by atoms with Crippen molar-refractivity contribution < 1.29 is 9.53 Å². The van der Waals surface area contributed by atoms with Gasteiger partial charge in [-0.05, 0) is 30.7 Å². The smallest absolute Gasteiger partial charge is 0.174 e. The first kappa shape index (κ1) is 12.3. The van der Waals surface area contributed by atoms with Crippen LogP contribution in [-0.2, 0) is 0 Å². The second-order valence-corrected chi connectivity index (χ2v) is 3.53. The minimum absolute atomic E-state index is 0.0254. The molecule has 0 saturated carbocycles. The van der Waals surface area contributed by atoms with Crippen molar-refractivity contribution in [2.75, 3.05) is 6.61 Å². The summed E-state index contributed by atoms with van der Waals surface area (Å²) in [6.45, 7) is 2.83. The molecule has 1 aromatic carbocycles. The van der Waals surface area contributed by atoms with Crippen LogP contribution < -0.4 is 4.74 Å². The van der Waals surface area contributed by atoms with Crippen LogP contribution in [0, 0.1) is 12.3 Å². The zero-order valence-corrected chi connectivity index (χ0v) is 9.53. The number of benzene rings is 1. The van der Waals surface area contributed by atoms with Gasteiger partial charge >= 0.3 is 0 Å². The highest BCUT2D eigenvalue weighted by molar-refractivity contribution is 5.97. The number of hydrogen-bond donors (Lipinski definition) is 0. The molecule has 0 aliphatic carbocycles. The van der Waals surface area contributed by atoms with Gasteiger partial charge < -0.3 is 4.74 Å². The molecule has 1 aromatic rings. The lowest BCUT2D eigenvalue weighted by molar-refractivity contribution is 0.0998. The summed E-state index contributed by atoms with van der Waals surface area (Å²) in [4.78, 5) is 11.4. The van der Waals surface area contributed by atoms with Crippen LogP contribution in [-0.4, -0.2) is 12.4 Å². The Kier molecular flexibility index (Phi) is 5.15. The summed E-state index contributed by atoms with van der Waals surface area (Å²) in [5, 5.41) is 0. The van der Waals surface area contributed by atoms with Gasteiger partial charge in [-0.15, -0.1) is 6.42 Å². The molecule has 1 rings (SSSR count). The first-order valence-electron chi connectivity index (χ1n) is 5.47. The van der Waals surface area contributed by atoms with Crippen LogP contribution in [0.2, 0.25) is 0 Å². The Morgan fingerprint density at radius 1 is 1.38 bits per heavy atom. The minimum Gasteiger partial charge on any atom is -0.494 e. The summed E-state index contributed by atoms with van der Waals surface area (Å²) in [7, 11) is 0. The molecule has 0 atom stereocenters. The van der Waals surface area contributed by atoms with E-state index in [1.165, 1.54) is 0 Å². The van der Waals surface area contributed by atoms with Crippen molar-refractivity contribution in [3.8, 4) is 18.1 Å². The Hall–Kier alpha value is -1.75. The highest BCUT2D eigenvalue weighted by Crippen LogP contribution is 2.13. The molecule has 0 fully saturated rings. The van der Waals surface area contributed by atoms with E-state index in [0.717, 1.165) is 18.6 Å². The Labute approximate surface area is 96.6 Å². The van der Waals surface area contributed by atoms with Crippen LogP contribution in [0.5, 0.6) is 5.75 Å². The standard InChI is InChI=1S/C14H16O2/c1-3-5-11-16-13-9-7-12(8-10-13)14(15)6-4-2/h2,7-10H,3,5-6,11H2,1H3. The van der Waals surface area contributed by atoms with E-state index in [0.29, 0.717) is 12.2 Å². The molecule has 2 nitrogen and oxygen atoms in total. The molecule has 0 bridgehead atoms. The number of ether oxygens (including phenoxy) is 1. The second-order valence-electron chi connectivity index (χ2n) is 3.53. The van der Waals surface area contributed by atoms with E-state index >= 15 is 0 Å². The number of rotatable bonds is 6. The second kappa shape index (κ2) is 6.68. The van der Waals surface area contributed by atoms with Gasteiger partial charge in [-0.25, -0.2) is 0 Å². The van der Waals surface area contributed by atoms with Gasteiger partial charge in [-0.1, -0.05) is 19.3 Å². The third-order valence-electron chi connectivity index (χ3n) is 2.21. The number of carbonyl (C=O) groups is 1. The third kappa shape index (κ3) is 3.78. The van der Waals surface area contributed by atoms with Crippen LogP contribution in [0.4, 0.5) is 0 Å². The van der Waals surface area contributed by atoms with Crippen molar-refractivity contribution in [1.29, 1.82) is 0 Å². The predicted octanol–water partition coefficient (Wildman–Crippen LogP) is 3.07. The summed E-state index contributed by atoms with van der Waals surface area (Å²) >= 11 is 0. The molecule has 0 unspecified atom stereocenters. The first-order chi connectivity index (χ1) is 7.77. The molecular formula is C14H16O2. The van der Waals surface area contributed by atoms with Gasteiger partial charge in [0.1, 0.15) is 5.75 Å². The van der Waals surface area contributed by atoms with Crippen molar-refractivity contribution in [2.45, 2.75) is 26.2 Å². The zero-order chi connectivity index (χ0) is 11.8. The molecule has 0 aromatic heterocycles. The lowest BCUT2D eigenvalue weighted by Gasteiger charge is -2.05. The van der Waals surface area contributed by atoms with Crippen molar-refractivity contribution >= 4 is 5.78 Å². The van der Waals surface area contributed by atoms with Crippen molar-refractivity contribution in [3.63, 3.8) is 0 Å². The van der Waals surface area contributed by atoms with Crippen molar-refractivity contribution in [2.24, 2.45) is 0 Å². The molecule has 0 radical (unpaired) electrons. The van der Waals surface area contributed by atoms with Gasteiger partial charge in [0, 0.05) is 5.56 Å². The number of carbonyl (C=O) groups excluding carboxylic acids is 1. The van der Waals surface area contributed by atoms with E-state index in [2.05, 4.69) is 12.8 Å². The fraction of sp³-hybridized carbons (Fsp3) is 0.357. The monoisotopic (exact) mass is 216 g/mol. The molecule has 0 aliphatic rings. The lowest BCUT2D eigenvalue weighted by Crippen LogP contribution is -1.99. The summed E-state index contributed by atoms with van der Waals surface area (Å²) in [5.41, 5.74) is 0.640. The molecule has 0 aliphatic heterocycles. The van der Waals surface area contributed by atoms with Crippen LogP contribution in [0.25, 0.3) is 0 Å². The Balaban J connectivity index is 2.54. The molecule has 2 heteroatoms. The van der Waals surface area contributed by atoms with Crippen LogP contribution >= 0.6 is 0 Å². The predicted molar refractivity (Wildman–Crippen MR) is 64.6 cm³/mol. The molecule has 0 heterocycles. The zero-order valence-electron chi connectivity index (χ0n) is 9.53. The summed E-state index contributed by atoms with van der Waals surface area (Å²) in [6, 6.07) is 7.11. The first-order valence-corrected chi connectivity index (χ1v) is 5.47. The molecule has 0 amide bonds. The van der Waals surface area contributed by atoms with Gasteiger partial charge in [-0.2, -0.15) is 0 Å². The van der Waals surface area contributed by atoms with Crippen molar-refractivity contribution in [1.82, 2.24) is 0 Å². The van der Waals surface area contributed by atoms with E-state index in [9.17, 15) is 4.79 Å². The van der Waals surface area contributed by atoms with Gasteiger partial charge in [0.15, 0.2) is 5.78 Å². The molecule has 0 N–H and O–H groups in total. The fourth-order valence-electron chi connectivity index (χ4n) is 1.27. The highest BCUT2D eigenvalue weighted by atomic mass is 16.5. The number of hydrogen-bond acceptors (Lipinski definition) is 2. The van der Waals surface area contributed by atoms with Crippen LogP contribution in [0.15, 0.2) is 24.3 Å². The molecule has 0 saturated heterocycles. The van der Waals surface area contributed by atoms with E-state index in [1.807, 2.05) is 0 Å². The average Bonchev–Trinajstić information content (AvgIpc) is 2.30. The van der Waals surface area contributed by atoms with E-state index < -0.39 is 0 Å². The van der Waals surface area contributed by atoms with E-state index in [-0.39, 0.29) is 12.2 Å². The molecular weight excluding hydrogens is 200 g/mol. The number of unbranched alkanes of at least 4 members (excludes halogenated alkanes) is 1. The molecule has 16 heavy (non-hydrogen) atoms. The van der Waals surface area contributed by atoms with Gasteiger partial charge in [0.05, 0.1) is 13.0 Å². The minimum atomic E-state index is -0.0254. The largest absolute Gasteiger partial charge is 0.494 e. The fourth-order valence-corrected chi connectivity index (χ4v) is 1.27. The maximum Gasteiger partial charge on any atom is 0.174 e. The summed E-state index contributed by atoms with van der Waals surface area (Å²) < 4.78 is 5.49. The van der Waals surface area contributed by atoms with Gasteiger partial charge in [-0.3, -0.25) is 4.79 Å². The quantitative estimate of drug-likeness (QED) is 0.415. The Bertz CT molecular complexity index is 371. The highest BCUT2D eigenvalue weighted by Gasteiger charge is 2.03. The lowest BCUT2D eigenvalue weighted by atomic mass is 10.1. The SMILES string of the molecule is C#CCC(=O)c1ccc(OCCCC)cc1. The summed E-state index contributed by atoms with van der Waals surface area (Å²) in [5.74, 6) is 3.11. The van der Waals surface area contributed by atoms with Gasteiger partial charge in [0.2, 0.25) is 0 Å². The third-order valence-corrected chi connectivity index (χ3v) is 2.21. The van der Waals surface area contributed by atoms with Crippen molar-refractivity contribution in [3.05, 3.63) is 29.8 Å². The summed E-state index contributed by atoms with van der Waals surface area (Å²) in [6.07, 6.45) is 7.38. The molecule has 0 spiro atoms. The number of terminal acetylenes is 1. The maximum absolute atomic E-state index is 11.4. The number of Topliss-reactive ketones (excluding diaryl/α,β-unsaturated/α-hetero) is 1. The number of ketones is 1. The topological polar surface area (TPSA) is 26.3 Å². The van der Waals surface area contributed by atoms with E-state index in [1.54, 1.807) is 24.3 Å². The van der Waals surface area contributed by atoms with E-state index in [4.69, 9.17) is 11.2 Å². The normalized spacial score (nSPS) is 9.50. The molecule has 84 valence electrons. The van der Waals surface area contributed by atoms with Crippen LogP contribution in [0.1, 0.15) is 36.5 Å². The van der Waals surface area contributed by atoms with Crippen LogP contribution in [0.3, 0.4) is 0 Å². The Morgan fingerprint density at radius 2 is 2.06 bits per heavy atom. The maximum atomic E-state index is 11.4.